The zero-order valence-electron chi connectivity index (χ0n) is 13.2. The van der Waals surface area contributed by atoms with E-state index in [2.05, 4.69) is 10.3 Å². The van der Waals surface area contributed by atoms with E-state index in [0.29, 0.717) is 28.9 Å². The topological polar surface area (TPSA) is 71.5 Å². The number of nitrogens with zero attached hydrogens (tertiary/aromatic N) is 1. The SMILES string of the molecule is COc1cc(Nc2ncc(C(=O)O)c3c2C2CCC3C2)ccc1F. The van der Waals surface area contributed by atoms with Crippen molar-refractivity contribution in [3.05, 3.63) is 46.9 Å². The third-order valence-corrected chi connectivity index (χ3v) is 5.05. The van der Waals surface area contributed by atoms with Crippen LogP contribution in [0.4, 0.5) is 15.9 Å². The van der Waals surface area contributed by atoms with Crippen LogP contribution in [0.15, 0.2) is 24.4 Å². The van der Waals surface area contributed by atoms with Crippen molar-refractivity contribution >= 4 is 17.5 Å². The molecule has 2 unspecified atom stereocenters. The van der Waals surface area contributed by atoms with E-state index in [-0.39, 0.29) is 5.75 Å². The fourth-order valence-corrected chi connectivity index (χ4v) is 4.04. The van der Waals surface area contributed by atoms with E-state index in [1.807, 2.05) is 0 Å². The smallest absolute Gasteiger partial charge is 0.337 e. The number of fused-ring (bicyclic) bond motifs is 5. The van der Waals surface area contributed by atoms with Crippen molar-refractivity contribution in [1.29, 1.82) is 0 Å². The first-order valence-corrected chi connectivity index (χ1v) is 7.95. The van der Waals surface area contributed by atoms with Crippen LogP contribution in [0.3, 0.4) is 0 Å². The van der Waals surface area contributed by atoms with Gasteiger partial charge in [-0.05, 0) is 48.8 Å². The minimum atomic E-state index is -0.929. The molecule has 2 aromatic rings. The summed E-state index contributed by atoms with van der Waals surface area (Å²) in [5, 5.41) is 12.6. The van der Waals surface area contributed by atoms with Gasteiger partial charge in [0.15, 0.2) is 11.6 Å². The minimum Gasteiger partial charge on any atom is -0.494 e. The number of ether oxygens (including phenoxy) is 1. The van der Waals surface area contributed by atoms with E-state index < -0.39 is 11.8 Å². The summed E-state index contributed by atoms with van der Waals surface area (Å²) in [7, 11) is 1.42. The number of nitrogens with one attached hydrogen (secondary N) is 1. The summed E-state index contributed by atoms with van der Waals surface area (Å²) in [5.41, 5.74) is 2.90. The number of benzene rings is 1. The van der Waals surface area contributed by atoms with Gasteiger partial charge in [0.05, 0.1) is 12.7 Å². The van der Waals surface area contributed by atoms with E-state index in [0.717, 1.165) is 30.4 Å². The lowest BCUT2D eigenvalue weighted by Gasteiger charge is -2.21. The molecule has 124 valence electrons. The van der Waals surface area contributed by atoms with Crippen LogP contribution < -0.4 is 10.1 Å². The maximum absolute atomic E-state index is 13.6. The van der Waals surface area contributed by atoms with E-state index >= 15 is 0 Å². The number of halogens is 1. The summed E-state index contributed by atoms with van der Waals surface area (Å²) in [6.07, 6.45) is 4.50. The van der Waals surface area contributed by atoms with Crippen molar-refractivity contribution in [2.45, 2.75) is 31.1 Å². The minimum absolute atomic E-state index is 0.153. The molecule has 1 fully saturated rings. The number of methoxy groups -OCH3 is 1. The van der Waals surface area contributed by atoms with Gasteiger partial charge in [-0.25, -0.2) is 14.2 Å². The molecule has 24 heavy (non-hydrogen) atoms. The molecule has 6 heteroatoms. The van der Waals surface area contributed by atoms with Gasteiger partial charge >= 0.3 is 5.97 Å². The van der Waals surface area contributed by atoms with Crippen molar-refractivity contribution in [2.75, 3.05) is 12.4 Å². The molecular formula is C18H17FN2O3. The van der Waals surface area contributed by atoms with Gasteiger partial charge in [0, 0.05) is 23.5 Å². The molecule has 4 rings (SSSR count). The van der Waals surface area contributed by atoms with Gasteiger partial charge in [0.1, 0.15) is 5.82 Å². The van der Waals surface area contributed by atoms with Crippen molar-refractivity contribution in [3.63, 3.8) is 0 Å². The molecule has 1 heterocycles. The van der Waals surface area contributed by atoms with E-state index in [1.165, 1.54) is 19.4 Å². The standard InChI is InChI=1S/C18H17FN2O3/c1-24-14-7-11(4-5-13(14)19)21-17-16-10-3-2-9(6-10)15(16)12(8-20-17)18(22)23/h4-5,7-10H,2-3,6H2,1H3,(H,20,21)(H,22,23). The van der Waals surface area contributed by atoms with Crippen LogP contribution in [0.25, 0.3) is 0 Å². The highest BCUT2D eigenvalue weighted by Gasteiger charge is 2.41. The number of carbonyl (C=O) groups is 1. The number of carboxylic acids is 1. The normalized spacial score (nSPS) is 20.8. The first-order chi connectivity index (χ1) is 11.6. The lowest BCUT2D eigenvalue weighted by atomic mass is 9.89. The monoisotopic (exact) mass is 328 g/mol. The first-order valence-electron chi connectivity index (χ1n) is 7.95. The number of carboxylic acid groups (broad SMARTS) is 1. The Hall–Kier alpha value is -2.63. The Morgan fingerprint density at radius 1 is 1.33 bits per heavy atom. The molecule has 1 saturated carbocycles. The number of hydrogen-bond donors (Lipinski definition) is 2. The van der Waals surface area contributed by atoms with Crippen LogP contribution in [0.5, 0.6) is 5.75 Å². The molecule has 1 aromatic heterocycles. The molecule has 2 aliphatic rings. The van der Waals surface area contributed by atoms with Crippen molar-refractivity contribution < 1.29 is 19.0 Å². The van der Waals surface area contributed by atoms with E-state index in [1.54, 1.807) is 12.1 Å². The Morgan fingerprint density at radius 3 is 2.79 bits per heavy atom. The van der Waals surface area contributed by atoms with Crippen molar-refractivity contribution in [1.82, 2.24) is 4.98 Å². The molecule has 2 bridgehead atoms. The molecule has 0 saturated heterocycles. The zero-order chi connectivity index (χ0) is 16.8. The van der Waals surface area contributed by atoms with Crippen molar-refractivity contribution in [3.8, 4) is 5.75 Å². The van der Waals surface area contributed by atoms with E-state index in [9.17, 15) is 14.3 Å². The van der Waals surface area contributed by atoms with Crippen LogP contribution in [0.1, 0.15) is 52.6 Å². The molecule has 1 aromatic carbocycles. The summed E-state index contributed by atoms with van der Waals surface area (Å²) < 4.78 is 18.6. The van der Waals surface area contributed by atoms with Gasteiger partial charge < -0.3 is 15.2 Å². The van der Waals surface area contributed by atoms with Gasteiger partial charge in [-0.2, -0.15) is 0 Å². The number of anilines is 2. The van der Waals surface area contributed by atoms with E-state index in [4.69, 9.17) is 4.74 Å². The summed E-state index contributed by atoms with van der Waals surface area (Å²) in [6.45, 7) is 0. The molecule has 2 aliphatic carbocycles. The highest BCUT2D eigenvalue weighted by molar-refractivity contribution is 5.91. The molecule has 5 nitrogen and oxygen atoms in total. The molecular weight excluding hydrogens is 311 g/mol. The highest BCUT2D eigenvalue weighted by atomic mass is 19.1. The molecule has 0 spiro atoms. The summed E-state index contributed by atoms with van der Waals surface area (Å²) in [5.74, 6) is 0.114. The molecule has 0 amide bonds. The number of aromatic carboxylic acids is 1. The van der Waals surface area contributed by atoms with Gasteiger partial charge in [0.25, 0.3) is 0 Å². The van der Waals surface area contributed by atoms with Crippen LogP contribution in [0, 0.1) is 5.82 Å². The Kier molecular flexibility index (Phi) is 3.40. The zero-order valence-corrected chi connectivity index (χ0v) is 13.2. The second-order valence-corrected chi connectivity index (χ2v) is 6.33. The number of rotatable bonds is 4. The fourth-order valence-electron chi connectivity index (χ4n) is 4.04. The van der Waals surface area contributed by atoms with Crippen LogP contribution in [-0.2, 0) is 0 Å². The number of hydrogen-bond acceptors (Lipinski definition) is 4. The summed E-state index contributed by atoms with van der Waals surface area (Å²) >= 11 is 0. The molecule has 2 N–H and O–H groups in total. The highest BCUT2D eigenvalue weighted by Crippen LogP contribution is 2.56. The Labute approximate surface area is 138 Å². The second kappa shape index (κ2) is 5.47. The van der Waals surface area contributed by atoms with Gasteiger partial charge in [-0.15, -0.1) is 0 Å². The Balaban J connectivity index is 1.76. The fraction of sp³-hybridized carbons (Fsp3) is 0.333. The lowest BCUT2D eigenvalue weighted by molar-refractivity contribution is 0.0694. The predicted octanol–water partition coefficient (Wildman–Crippen LogP) is 4.04. The summed E-state index contributed by atoms with van der Waals surface area (Å²) in [4.78, 5) is 15.8. The van der Waals surface area contributed by atoms with Gasteiger partial charge in [-0.3, -0.25) is 0 Å². The Bertz CT molecular complexity index is 837. The maximum Gasteiger partial charge on any atom is 0.337 e. The Morgan fingerprint density at radius 2 is 2.08 bits per heavy atom. The second-order valence-electron chi connectivity index (χ2n) is 6.33. The first kappa shape index (κ1) is 14.9. The molecule has 0 radical (unpaired) electrons. The van der Waals surface area contributed by atoms with Gasteiger partial charge in [-0.1, -0.05) is 0 Å². The largest absolute Gasteiger partial charge is 0.494 e. The molecule has 2 atom stereocenters. The average Bonchev–Trinajstić information content (AvgIpc) is 3.19. The number of pyridine rings is 1. The number of aromatic nitrogens is 1. The van der Waals surface area contributed by atoms with Crippen LogP contribution in [0.2, 0.25) is 0 Å². The van der Waals surface area contributed by atoms with Gasteiger partial charge in [0.2, 0.25) is 0 Å². The summed E-state index contributed by atoms with van der Waals surface area (Å²) in [6, 6.07) is 4.52. The average molecular weight is 328 g/mol. The lowest BCUT2D eigenvalue weighted by Crippen LogP contribution is -2.11. The van der Waals surface area contributed by atoms with Crippen LogP contribution >= 0.6 is 0 Å². The maximum atomic E-state index is 13.6. The predicted molar refractivity (Wildman–Crippen MR) is 86.8 cm³/mol. The van der Waals surface area contributed by atoms with Crippen molar-refractivity contribution in [2.24, 2.45) is 0 Å². The van der Waals surface area contributed by atoms with Crippen LogP contribution in [-0.4, -0.2) is 23.2 Å². The third kappa shape index (κ3) is 2.21. The third-order valence-electron chi connectivity index (χ3n) is 5.05. The quantitative estimate of drug-likeness (QED) is 0.886. The molecule has 0 aliphatic heterocycles.